The minimum atomic E-state index is 0. The summed E-state index contributed by atoms with van der Waals surface area (Å²) in [4.78, 5) is 4.82. The number of nitrogens with zero attached hydrogens (tertiary/aromatic N) is 4. The maximum atomic E-state index is 6.70. The third kappa shape index (κ3) is 6.75. The zero-order valence-electron chi connectivity index (χ0n) is 31.6. The molecule has 0 unspecified atom stereocenters. The normalized spacial score (nSPS) is 11.6. The first-order chi connectivity index (χ1) is 24.8. The maximum Gasteiger partial charge on any atom is 2.00 e. The van der Waals surface area contributed by atoms with Crippen molar-refractivity contribution >= 4 is 21.8 Å². The van der Waals surface area contributed by atoms with E-state index < -0.39 is 0 Å². The van der Waals surface area contributed by atoms with Gasteiger partial charge in [-0.3, -0.25) is 4.68 Å². The summed E-state index contributed by atoms with van der Waals surface area (Å²) < 4.78 is 11.0. The Morgan fingerprint density at radius 1 is 0.673 bits per heavy atom. The molecule has 4 aromatic carbocycles. The molecule has 0 fully saturated rings. The molecule has 6 heteroatoms. The summed E-state index contributed by atoms with van der Waals surface area (Å²) >= 11 is 0. The maximum absolute atomic E-state index is 6.70. The van der Waals surface area contributed by atoms with Gasteiger partial charge in [0.05, 0.1) is 5.69 Å². The Balaban J connectivity index is 0.00000464. The Kier molecular flexibility index (Phi) is 11.2. The average Bonchev–Trinajstić information content (AvgIpc) is 3.69. The van der Waals surface area contributed by atoms with Gasteiger partial charge in [-0.05, 0) is 89.0 Å². The van der Waals surface area contributed by atoms with Crippen molar-refractivity contribution in [2.24, 2.45) is 0 Å². The van der Waals surface area contributed by atoms with Crippen molar-refractivity contribution in [3.05, 3.63) is 131 Å². The van der Waals surface area contributed by atoms with Crippen LogP contribution in [0, 0.1) is 12.1 Å². The van der Waals surface area contributed by atoms with Gasteiger partial charge in [-0.1, -0.05) is 97.3 Å². The molecule has 0 N–H and O–H groups in total. The average molecular weight is 779 g/mol. The van der Waals surface area contributed by atoms with Crippen molar-refractivity contribution in [3.8, 4) is 34.1 Å². The van der Waals surface area contributed by atoms with Crippen molar-refractivity contribution in [2.45, 2.75) is 92.9 Å². The number of hydrogen-bond acceptors (Lipinski definition) is 3. The fraction of sp³-hybridized carbons (Fsp3) is 0.304. The van der Waals surface area contributed by atoms with Gasteiger partial charge in [0.15, 0.2) is 0 Å². The molecule has 52 heavy (non-hydrogen) atoms. The second-order valence-electron chi connectivity index (χ2n) is 14.0. The summed E-state index contributed by atoms with van der Waals surface area (Å²) in [5.74, 6) is 2.83. The van der Waals surface area contributed by atoms with E-state index in [1.165, 1.54) is 39.1 Å². The van der Waals surface area contributed by atoms with Crippen molar-refractivity contribution < 1.29 is 25.2 Å². The molecule has 0 atom stereocenters. The molecule has 0 amide bonds. The summed E-state index contributed by atoms with van der Waals surface area (Å²) in [6.07, 6.45) is 5.56. The van der Waals surface area contributed by atoms with Crippen LogP contribution in [0.2, 0.25) is 0 Å². The van der Waals surface area contributed by atoms with Crippen LogP contribution in [-0.2, 0) is 46.1 Å². The molecule has 3 aromatic heterocycles. The quantitative estimate of drug-likeness (QED) is 0.0970. The van der Waals surface area contributed by atoms with E-state index in [2.05, 4.69) is 150 Å². The van der Waals surface area contributed by atoms with Crippen LogP contribution < -0.4 is 4.74 Å². The summed E-state index contributed by atoms with van der Waals surface area (Å²) in [5, 5.41) is 7.56. The van der Waals surface area contributed by atoms with Crippen molar-refractivity contribution in [1.82, 2.24) is 19.3 Å². The summed E-state index contributed by atoms with van der Waals surface area (Å²) in [6, 6.07) is 35.2. The first kappa shape index (κ1) is 37.3. The predicted molar refractivity (Wildman–Crippen MR) is 211 cm³/mol. The van der Waals surface area contributed by atoms with E-state index in [0.717, 1.165) is 64.7 Å². The molecule has 0 saturated carbocycles. The number of fused-ring (bicyclic) bond motifs is 3. The van der Waals surface area contributed by atoms with Crippen LogP contribution in [0.25, 0.3) is 44.4 Å². The third-order valence-electron chi connectivity index (χ3n) is 10.2. The molecule has 3 heterocycles. The number of para-hydroxylation sites is 1. The largest absolute Gasteiger partial charge is 2.00 e. The van der Waals surface area contributed by atoms with E-state index in [-0.39, 0.29) is 26.3 Å². The van der Waals surface area contributed by atoms with Crippen LogP contribution in [0.15, 0.2) is 85.1 Å². The van der Waals surface area contributed by atoms with E-state index >= 15 is 0 Å². The molecular formula is C46H48N4OPd. The number of rotatable bonds is 11. The number of aryl methyl sites for hydroxylation is 3. The topological polar surface area (TPSA) is 44.9 Å². The molecule has 5 nitrogen and oxygen atoms in total. The Morgan fingerprint density at radius 2 is 1.40 bits per heavy atom. The Bertz CT molecular complexity index is 2340. The zero-order chi connectivity index (χ0) is 35.8. The van der Waals surface area contributed by atoms with Gasteiger partial charge in [0.1, 0.15) is 5.82 Å². The number of aromatic nitrogens is 4. The Morgan fingerprint density at radius 3 is 2.08 bits per heavy atom. The van der Waals surface area contributed by atoms with Crippen LogP contribution in [0.4, 0.5) is 0 Å². The Hall–Kier alpha value is -4.50. The van der Waals surface area contributed by atoms with Crippen LogP contribution in [0.5, 0.6) is 11.5 Å². The van der Waals surface area contributed by atoms with Gasteiger partial charge in [-0.15, -0.1) is 41.3 Å². The first-order valence-electron chi connectivity index (χ1n) is 18.6. The van der Waals surface area contributed by atoms with Crippen molar-refractivity contribution in [2.75, 3.05) is 0 Å². The molecule has 7 rings (SSSR count). The number of benzene rings is 4. The fourth-order valence-electron chi connectivity index (χ4n) is 7.39. The molecule has 0 spiro atoms. The van der Waals surface area contributed by atoms with Crippen molar-refractivity contribution in [3.63, 3.8) is 0 Å². The second kappa shape index (κ2) is 15.6. The van der Waals surface area contributed by atoms with Gasteiger partial charge < -0.3 is 9.30 Å². The van der Waals surface area contributed by atoms with Gasteiger partial charge in [0.2, 0.25) is 0 Å². The summed E-state index contributed by atoms with van der Waals surface area (Å²) in [7, 11) is 0. The standard InChI is InChI=1S/C46H48N4O.Pd/c1-9-31-16-15-17-32(10-2)45(31)46-40(11-3)48-50(41(46)12-4)35-24-34(30(7)8)25-37(27-35)51-36-20-21-39-38-18-13-14-19-42(38)49(43(39)28-36)44-26-33(29(5)6)22-23-47-44;/h13-26,29-30H,9-12H2,1-8H3;/q-2;+2. The number of hydrogen-bond donors (Lipinski definition) is 0. The molecule has 268 valence electrons. The van der Waals surface area contributed by atoms with E-state index in [9.17, 15) is 0 Å². The van der Waals surface area contributed by atoms with Crippen molar-refractivity contribution in [1.29, 1.82) is 0 Å². The smallest absolute Gasteiger partial charge is 0.509 e. The molecule has 0 saturated heterocycles. The molecule has 0 aliphatic heterocycles. The van der Waals surface area contributed by atoms with Crippen LogP contribution in [0.3, 0.4) is 0 Å². The minimum absolute atomic E-state index is 0. The summed E-state index contributed by atoms with van der Waals surface area (Å²) in [6.45, 7) is 17.8. The minimum Gasteiger partial charge on any atom is -0.509 e. The fourth-order valence-corrected chi connectivity index (χ4v) is 7.39. The van der Waals surface area contributed by atoms with Gasteiger partial charge in [-0.25, -0.2) is 4.98 Å². The number of pyridine rings is 1. The van der Waals surface area contributed by atoms with Gasteiger partial charge in [0.25, 0.3) is 0 Å². The summed E-state index contributed by atoms with van der Waals surface area (Å²) in [5.41, 5.74) is 13.0. The zero-order valence-corrected chi connectivity index (χ0v) is 33.1. The van der Waals surface area contributed by atoms with E-state index in [1.807, 2.05) is 12.3 Å². The van der Waals surface area contributed by atoms with Gasteiger partial charge in [-0.2, -0.15) is 11.2 Å². The monoisotopic (exact) mass is 778 g/mol. The SMILES string of the molecule is CCc1cccc(CC)c1-c1c(CC)nn(-c2[c-]c(Oc3[c-]c4c(cc3)c3ccccc3n4-c3cc(C(C)C)ccn3)cc(C(C)C)c2)c1CC.[Pd+2]. The van der Waals surface area contributed by atoms with Crippen LogP contribution in [-0.4, -0.2) is 19.3 Å². The van der Waals surface area contributed by atoms with Gasteiger partial charge in [0, 0.05) is 34.5 Å². The Labute approximate surface area is 322 Å². The first-order valence-corrected chi connectivity index (χ1v) is 18.6. The third-order valence-corrected chi connectivity index (χ3v) is 10.2. The second-order valence-corrected chi connectivity index (χ2v) is 14.0. The molecule has 7 aromatic rings. The number of ether oxygens (including phenoxy) is 1. The van der Waals surface area contributed by atoms with Gasteiger partial charge >= 0.3 is 20.4 Å². The van der Waals surface area contributed by atoms with E-state index in [4.69, 9.17) is 14.8 Å². The van der Waals surface area contributed by atoms with E-state index in [1.54, 1.807) is 0 Å². The molecular weight excluding hydrogens is 731 g/mol. The molecule has 0 aliphatic rings. The predicted octanol–water partition coefficient (Wildman–Crippen LogP) is 11.9. The molecule has 0 bridgehead atoms. The molecule has 0 aliphatic carbocycles. The van der Waals surface area contributed by atoms with E-state index in [0.29, 0.717) is 17.4 Å². The van der Waals surface area contributed by atoms with Crippen LogP contribution >= 0.6 is 0 Å². The van der Waals surface area contributed by atoms with Crippen LogP contribution in [0.1, 0.15) is 101 Å². The molecule has 0 radical (unpaired) electrons.